The minimum Gasteiger partial charge on any atom is -0.319 e. The average Bonchev–Trinajstić information content (AvgIpc) is 2.75. The number of hydrogen-bond acceptors (Lipinski definition) is 3. The topological polar surface area (TPSA) is 24.9 Å². The molecular weight excluding hydrogens is 284 g/mol. The fourth-order valence-corrected chi connectivity index (χ4v) is 2.64. The molecule has 0 spiro atoms. The van der Waals surface area contributed by atoms with E-state index in [0.717, 1.165) is 17.4 Å². The minimum absolute atomic E-state index is 0.966. The summed E-state index contributed by atoms with van der Waals surface area (Å²) in [5, 5.41) is 3.15. The van der Waals surface area contributed by atoms with Gasteiger partial charge in [-0.05, 0) is 24.7 Å². The number of rotatable bonds is 4. The fourth-order valence-electron chi connectivity index (χ4n) is 1.53. The molecule has 1 aromatic carbocycles. The Labute approximate surface area is 108 Å². The van der Waals surface area contributed by atoms with E-state index in [1.807, 2.05) is 12.6 Å². The van der Waals surface area contributed by atoms with Crippen LogP contribution in [0.5, 0.6) is 0 Å². The largest absolute Gasteiger partial charge is 0.319 e. The lowest BCUT2D eigenvalue weighted by Gasteiger charge is -2.02. The Morgan fingerprint density at radius 2 is 2.06 bits per heavy atom. The number of benzene rings is 1. The van der Waals surface area contributed by atoms with Gasteiger partial charge in [0.05, 0.1) is 16.1 Å². The van der Waals surface area contributed by atoms with Crippen LogP contribution in [0.15, 0.2) is 34.2 Å². The summed E-state index contributed by atoms with van der Waals surface area (Å²) in [7, 11) is 1.96. The van der Waals surface area contributed by atoms with Crippen molar-refractivity contribution in [3.8, 4) is 10.4 Å². The predicted octanol–water partition coefficient (Wildman–Crippen LogP) is 3.33. The number of aromatic nitrogens is 1. The maximum absolute atomic E-state index is 4.42. The molecule has 0 amide bonds. The van der Waals surface area contributed by atoms with Gasteiger partial charge in [-0.25, -0.2) is 4.98 Å². The molecule has 2 aromatic rings. The minimum atomic E-state index is 0.966. The molecule has 0 aliphatic heterocycles. The Morgan fingerprint density at radius 3 is 2.75 bits per heavy atom. The van der Waals surface area contributed by atoms with E-state index in [1.165, 1.54) is 16.1 Å². The van der Waals surface area contributed by atoms with Crippen LogP contribution < -0.4 is 5.32 Å². The van der Waals surface area contributed by atoms with Gasteiger partial charge in [-0.3, -0.25) is 0 Å². The number of likely N-dealkylation sites (N-methyl/N-ethyl adjacent to an activating group) is 1. The van der Waals surface area contributed by atoms with E-state index in [2.05, 4.69) is 50.5 Å². The smallest absolute Gasteiger partial charge is 0.0801 e. The van der Waals surface area contributed by atoms with Crippen LogP contribution >= 0.6 is 27.3 Å². The highest BCUT2D eigenvalue weighted by atomic mass is 79.9. The third-order valence-corrected chi connectivity index (χ3v) is 3.81. The van der Waals surface area contributed by atoms with Gasteiger partial charge in [0.15, 0.2) is 0 Å². The van der Waals surface area contributed by atoms with Gasteiger partial charge in [-0.15, -0.1) is 11.3 Å². The molecule has 0 aliphatic carbocycles. The van der Waals surface area contributed by atoms with Crippen molar-refractivity contribution in [2.45, 2.75) is 6.42 Å². The van der Waals surface area contributed by atoms with Crippen LogP contribution in [0.2, 0.25) is 0 Å². The first kappa shape index (κ1) is 11.8. The van der Waals surface area contributed by atoms with Crippen molar-refractivity contribution in [3.63, 3.8) is 0 Å². The van der Waals surface area contributed by atoms with E-state index in [9.17, 15) is 0 Å². The number of thiazole rings is 1. The van der Waals surface area contributed by atoms with Crippen molar-refractivity contribution >= 4 is 27.3 Å². The van der Waals surface area contributed by atoms with Gasteiger partial charge in [-0.1, -0.05) is 28.1 Å². The van der Waals surface area contributed by atoms with Crippen molar-refractivity contribution in [1.82, 2.24) is 10.3 Å². The lowest BCUT2D eigenvalue weighted by Crippen LogP contribution is -2.10. The lowest BCUT2D eigenvalue weighted by atomic mass is 10.1. The van der Waals surface area contributed by atoms with Crippen molar-refractivity contribution in [2.24, 2.45) is 0 Å². The quantitative estimate of drug-likeness (QED) is 0.936. The van der Waals surface area contributed by atoms with E-state index in [1.54, 1.807) is 11.3 Å². The Hall–Kier alpha value is -0.710. The number of hydrogen-bond donors (Lipinski definition) is 1. The zero-order valence-corrected chi connectivity index (χ0v) is 11.4. The summed E-state index contributed by atoms with van der Waals surface area (Å²) < 4.78 is 1.11. The van der Waals surface area contributed by atoms with E-state index in [0.29, 0.717) is 0 Å². The van der Waals surface area contributed by atoms with Crippen molar-refractivity contribution in [1.29, 1.82) is 0 Å². The molecule has 0 saturated carbocycles. The van der Waals surface area contributed by atoms with Crippen LogP contribution in [0.4, 0.5) is 0 Å². The van der Waals surface area contributed by atoms with Crippen molar-refractivity contribution in [2.75, 3.05) is 13.6 Å². The zero-order chi connectivity index (χ0) is 11.4. The van der Waals surface area contributed by atoms with Gasteiger partial charge >= 0.3 is 0 Å². The molecule has 0 radical (unpaired) electrons. The molecule has 84 valence electrons. The summed E-state index contributed by atoms with van der Waals surface area (Å²) in [6.07, 6.45) is 0.978. The summed E-state index contributed by atoms with van der Waals surface area (Å²) in [4.78, 5) is 5.70. The normalized spacial score (nSPS) is 10.6. The number of nitrogens with zero attached hydrogens (tertiary/aromatic N) is 1. The highest BCUT2D eigenvalue weighted by Gasteiger charge is 2.07. The second-order valence-corrected chi connectivity index (χ2v) is 5.26. The average molecular weight is 297 g/mol. The number of nitrogens with one attached hydrogen (secondary N) is 1. The van der Waals surface area contributed by atoms with Crippen LogP contribution in [0.25, 0.3) is 10.4 Å². The number of halogens is 1. The fraction of sp³-hybridized carbons (Fsp3) is 0.250. The first-order valence-corrected chi connectivity index (χ1v) is 6.81. The molecule has 0 atom stereocenters. The van der Waals surface area contributed by atoms with Crippen molar-refractivity contribution in [3.05, 3.63) is 39.9 Å². The van der Waals surface area contributed by atoms with E-state index in [4.69, 9.17) is 0 Å². The van der Waals surface area contributed by atoms with Gasteiger partial charge in [0.1, 0.15) is 0 Å². The molecule has 0 bridgehead atoms. The van der Waals surface area contributed by atoms with Gasteiger partial charge in [0.2, 0.25) is 0 Å². The third kappa shape index (κ3) is 2.70. The monoisotopic (exact) mass is 296 g/mol. The maximum Gasteiger partial charge on any atom is 0.0801 e. The maximum atomic E-state index is 4.42. The van der Waals surface area contributed by atoms with E-state index in [-0.39, 0.29) is 0 Å². The standard InChI is InChI=1S/C12H13BrN2S/c1-14-7-6-11-12(16-8-15-11)9-2-4-10(13)5-3-9/h2-5,8,14H,6-7H2,1H3. The summed E-state index contributed by atoms with van der Waals surface area (Å²) >= 11 is 5.15. The van der Waals surface area contributed by atoms with Crippen LogP contribution in [0, 0.1) is 0 Å². The van der Waals surface area contributed by atoms with Gasteiger partial charge in [-0.2, -0.15) is 0 Å². The summed E-state index contributed by atoms with van der Waals surface area (Å²) in [6, 6.07) is 8.38. The first-order chi connectivity index (χ1) is 7.81. The van der Waals surface area contributed by atoms with E-state index >= 15 is 0 Å². The lowest BCUT2D eigenvalue weighted by molar-refractivity contribution is 0.781. The SMILES string of the molecule is CNCCc1ncsc1-c1ccc(Br)cc1. The van der Waals surface area contributed by atoms with Gasteiger partial charge < -0.3 is 5.32 Å². The molecule has 0 aliphatic rings. The highest BCUT2D eigenvalue weighted by molar-refractivity contribution is 9.10. The molecule has 1 N–H and O–H groups in total. The Kier molecular flexibility index (Phi) is 4.09. The van der Waals surface area contributed by atoms with Gasteiger partial charge in [0, 0.05) is 17.4 Å². The van der Waals surface area contributed by atoms with Crippen LogP contribution in [0.1, 0.15) is 5.69 Å². The molecule has 0 fully saturated rings. The van der Waals surface area contributed by atoms with Gasteiger partial charge in [0.25, 0.3) is 0 Å². The molecule has 1 aromatic heterocycles. The molecule has 4 heteroatoms. The Morgan fingerprint density at radius 1 is 1.31 bits per heavy atom. The molecule has 0 unspecified atom stereocenters. The molecule has 0 saturated heterocycles. The molecule has 16 heavy (non-hydrogen) atoms. The third-order valence-electron chi connectivity index (χ3n) is 2.36. The molecule has 2 nitrogen and oxygen atoms in total. The van der Waals surface area contributed by atoms with Crippen molar-refractivity contribution < 1.29 is 0 Å². The van der Waals surface area contributed by atoms with E-state index < -0.39 is 0 Å². The molecule has 1 heterocycles. The van der Waals surface area contributed by atoms with Crippen LogP contribution in [0.3, 0.4) is 0 Å². The molecule has 2 rings (SSSR count). The molecular formula is C12H13BrN2S. The summed E-state index contributed by atoms with van der Waals surface area (Å²) in [6.45, 7) is 0.966. The predicted molar refractivity (Wildman–Crippen MR) is 72.9 cm³/mol. The first-order valence-electron chi connectivity index (χ1n) is 5.14. The Bertz CT molecular complexity index is 450. The zero-order valence-electron chi connectivity index (χ0n) is 9.03. The highest BCUT2D eigenvalue weighted by Crippen LogP contribution is 2.28. The second kappa shape index (κ2) is 5.57. The van der Waals surface area contributed by atoms with Crippen LogP contribution in [-0.4, -0.2) is 18.6 Å². The van der Waals surface area contributed by atoms with Crippen LogP contribution in [-0.2, 0) is 6.42 Å². The summed E-state index contributed by atoms with van der Waals surface area (Å²) in [5.41, 5.74) is 4.35. The summed E-state index contributed by atoms with van der Waals surface area (Å²) in [5.74, 6) is 0. The Balaban J connectivity index is 2.26. The second-order valence-electron chi connectivity index (χ2n) is 3.49.